The largest absolute Gasteiger partial charge is 0.494 e. The zero-order valence-electron chi connectivity index (χ0n) is 11.1. The van der Waals surface area contributed by atoms with Crippen molar-refractivity contribution >= 4 is 16.9 Å². The fourth-order valence-electron chi connectivity index (χ4n) is 2.41. The minimum atomic E-state index is -0.951. The molecule has 0 saturated heterocycles. The van der Waals surface area contributed by atoms with Crippen LogP contribution in [0.15, 0.2) is 30.4 Å². The van der Waals surface area contributed by atoms with E-state index in [0.717, 1.165) is 22.0 Å². The highest BCUT2D eigenvalue weighted by Gasteiger charge is 2.19. The number of nitrogens with zero attached hydrogens (tertiary/aromatic N) is 1. The molecule has 4 heteroatoms. The first-order valence-corrected chi connectivity index (χ1v) is 6.07. The van der Waals surface area contributed by atoms with Crippen molar-refractivity contribution in [2.45, 2.75) is 26.8 Å². The Hall–Kier alpha value is -2.23. The van der Waals surface area contributed by atoms with Crippen molar-refractivity contribution in [3.63, 3.8) is 0 Å². The van der Waals surface area contributed by atoms with Crippen LogP contribution in [0.3, 0.4) is 0 Å². The molecule has 0 spiro atoms. The van der Waals surface area contributed by atoms with Crippen molar-refractivity contribution in [1.29, 1.82) is 0 Å². The molecule has 1 aromatic carbocycles. The number of aliphatic carboxylic acids is 1. The Morgan fingerprint density at radius 3 is 2.68 bits per heavy atom. The fourth-order valence-corrected chi connectivity index (χ4v) is 2.41. The molecule has 0 fully saturated rings. The van der Waals surface area contributed by atoms with E-state index in [-0.39, 0.29) is 12.3 Å². The third-order valence-electron chi connectivity index (χ3n) is 3.12. The lowest BCUT2D eigenvalue weighted by molar-refractivity contribution is -0.136. The fraction of sp³-hybridized carbons (Fsp3) is 0.267. The summed E-state index contributed by atoms with van der Waals surface area (Å²) in [5.41, 5.74) is 3.18. The second-order valence-electron chi connectivity index (χ2n) is 4.88. The zero-order chi connectivity index (χ0) is 14.2. The summed E-state index contributed by atoms with van der Waals surface area (Å²) in [5, 5.41) is 20.1. The average molecular weight is 259 g/mol. The Morgan fingerprint density at radius 2 is 2.11 bits per heavy atom. The number of allylic oxidation sites excluding steroid dienone is 1. The SMILES string of the molecule is C=C(C)Cn1c(O)c(CC(=O)O)c2c(C)cccc21. The van der Waals surface area contributed by atoms with Gasteiger partial charge in [0.05, 0.1) is 11.9 Å². The van der Waals surface area contributed by atoms with Gasteiger partial charge in [0, 0.05) is 17.5 Å². The smallest absolute Gasteiger partial charge is 0.308 e. The van der Waals surface area contributed by atoms with Gasteiger partial charge >= 0.3 is 5.97 Å². The van der Waals surface area contributed by atoms with Crippen LogP contribution in [0.2, 0.25) is 0 Å². The highest BCUT2D eigenvalue weighted by Crippen LogP contribution is 2.34. The van der Waals surface area contributed by atoms with Crippen LogP contribution >= 0.6 is 0 Å². The molecule has 0 radical (unpaired) electrons. The van der Waals surface area contributed by atoms with Crippen LogP contribution in [0, 0.1) is 6.92 Å². The molecule has 0 aliphatic heterocycles. The first-order valence-electron chi connectivity index (χ1n) is 6.07. The number of carbonyl (C=O) groups is 1. The van der Waals surface area contributed by atoms with Gasteiger partial charge in [-0.05, 0) is 25.5 Å². The van der Waals surface area contributed by atoms with E-state index in [0.29, 0.717) is 12.1 Å². The Morgan fingerprint density at radius 1 is 1.42 bits per heavy atom. The third-order valence-corrected chi connectivity index (χ3v) is 3.12. The molecule has 0 saturated carbocycles. The molecule has 0 bridgehead atoms. The molecular weight excluding hydrogens is 242 g/mol. The second-order valence-corrected chi connectivity index (χ2v) is 4.88. The van der Waals surface area contributed by atoms with Gasteiger partial charge in [0.25, 0.3) is 0 Å². The summed E-state index contributed by atoms with van der Waals surface area (Å²) in [6.07, 6.45) is -0.184. The minimum Gasteiger partial charge on any atom is -0.494 e. The molecule has 100 valence electrons. The number of benzene rings is 1. The second kappa shape index (κ2) is 4.80. The third kappa shape index (κ3) is 2.34. The summed E-state index contributed by atoms with van der Waals surface area (Å²) in [4.78, 5) is 11.0. The molecule has 19 heavy (non-hydrogen) atoms. The van der Waals surface area contributed by atoms with E-state index in [1.807, 2.05) is 32.0 Å². The van der Waals surface area contributed by atoms with Gasteiger partial charge in [-0.25, -0.2) is 0 Å². The summed E-state index contributed by atoms with van der Waals surface area (Å²) in [6, 6.07) is 5.70. The molecular formula is C15H17NO3. The number of carboxylic acids is 1. The first kappa shape index (κ1) is 13.2. The maximum absolute atomic E-state index is 11.0. The minimum absolute atomic E-state index is 0.0229. The van der Waals surface area contributed by atoms with E-state index in [2.05, 4.69) is 6.58 Å². The summed E-state index contributed by atoms with van der Waals surface area (Å²) >= 11 is 0. The van der Waals surface area contributed by atoms with Gasteiger partial charge in [0.2, 0.25) is 0 Å². The topological polar surface area (TPSA) is 62.5 Å². The van der Waals surface area contributed by atoms with Crippen molar-refractivity contribution in [2.75, 3.05) is 0 Å². The number of aryl methyl sites for hydroxylation is 1. The molecule has 2 N–H and O–H groups in total. The molecule has 2 rings (SSSR count). The predicted octanol–water partition coefficient (Wildman–Crippen LogP) is 2.86. The van der Waals surface area contributed by atoms with Gasteiger partial charge in [0.15, 0.2) is 5.88 Å². The first-order chi connectivity index (χ1) is 8.91. The van der Waals surface area contributed by atoms with Crippen LogP contribution < -0.4 is 0 Å². The number of hydrogen-bond donors (Lipinski definition) is 2. The summed E-state index contributed by atoms with van der Waals surface area (Å²) in [5.74, 6) is -0.928. The molecule has 0 amide bonds. The maximum Gasteiger partial charge on any atom is 0.308 e. The lowest BCUT2D eigenvalue weighted by Crippen LogP contribution is -2.01. The maximum atomic E-state index is 11.0. The van der Waals surface area contributed by atoms with Crippen molar-refractivity contribution < 1.29 is 15.0 Å². The van der Waals surface area contributed by atoms with E-state index >= 15 is 0 Å². The van der Waals surface area contributed by atoms with E-state index in [1.165, 1.54) is 0 Å². The Labute approximate surface area is 111 Å². The number of aromatic nitrogens is 1. The molecule has 0 atom stereocenters. The number of hydrogen-bond acceptors (Lipinski definition) is 2. The van der Waals surface area contributed by atoms with E-state index in [4.69, 9.17) is 5.11 Å². The van der Waals surface area contributed by atoms with Crippen molar-refractivity contribution in [2.24, 2.45) is 0 Å². The summed E-state index contributed by atoms with van der Waals surface area (Å²) < 4.78 is 1.71. The number of carboxylic acid groups (broad SMARTS) is 1. The van der Waals surface area contributed by atoms with Crippen LogP contribution in [0.4, 0.5) is 0 Å². The van der Waals surface area contributed by atoms with Gasteiger partial charge < -0.3 is 14.8 Å². The summed E-state index contributed by atoms with van der Waals surface area (Å²) in [6.45, 7) is 8.11. The summed E-state index contributed by atoms with van der Waals surface area (Å²) in [7, 11) is 0. The van der Waals surface area contributed by atoms with E-state index in [9.17, 15) is 9.90 Å². The Kier molecular flexibility index (Phi) is 3.34. The van der Waals surface area contributed by atoms with Gasteiger partial charge in [-0.2, -0.15) is 0 Å². The zero-order valence-corrected chi connectivity index (χ0v) is 11.1. The van der Waals surface area contributed by atoms with E-state index in [1.54, 1.807) is 4.57 Å². The lowest BCUT2D eigenvalue weighted by Gasteiger charge is -2.06. The van der Waals surface area contributed by atoms with Gasteiger partial charge in [-0.15, -0.1) is 0 Å². The van der Waals surface area contributed by atoms with Crippen LogP contribution in [-0.2, 0) is 17.8 Å². The highest BCUT2D eigenvalue weighted by atomic mass is 16.4. The molecule has 0 unspecified atom stereocenters. The van der Waals surface area contributed by atoms with Gasteiger partial charge in [-0.1, -0.05) is 24.3 Å². The average Bonchev–Trinajstić information content (AvgIpc) is 2.55. The van der Waals surface area contributed by atoms with E-state index < -0.39 is 5.97 Å². The normalized spacial score (nSPS) is 10.8. The van der Waals surface area contributed by atoms with Crippen molar-refractivity contribution in [3.8, 4) is 5.88 Å². The number of rotatable bonds is 4. The van der Waals surface area contributed by atoms with Gasteiger partial charge in [-0.3, -0.25) is 4.79 Å². The monoisotopic (exact) mass is 259 g/mol. The molecule has 4 nitrogen and oxygen atoms in total. The van der Waals surface area contributed by atoms with Crippen molar-refractivity contribution in [1.82, 2.24) is 4.57 Å². The predicted molar refractivity (Wildman–Crippen MR) is 74.5 cm³/mol. The molecule has 1 aromatic heterocycles. The number of aromatic hydroxyl groups is 1. The standard InChI is InChI=1S/C15H17NO3/c1-9(2)8-16-12-6-4-5-10(3)14(12)11(15(16)19)7-13(17)18/h4-6,19H,1,7-8H2,2-3H3,(H,17,18). The molecule has 0 aliphatic carbocycles. The number of fused-ring (bicyclic) bond motifs is 1. The lowest BCUT2D eigenvalue weighted by atomic mass is 10.1. The Balaban J connectivity index is 2.75. The molecule has 0 aliphatic rings. The van der Waals surface area contributed by atoms with Crippen LogP contribution in [0.25, 0.3) is 10.9 Å². The van der Waals surface area contributed by atoms with Crippen molar-refractivity contribution in [3.05, 3.63) is 41.5 Å². The molecule has 1 heterocycles. The van der Waals surface area contributed by atoms with Gasteiger partial charge in [0.1, 0.15) is 0 Å². The highest BCUT2D eigenvalue weighted by molar-refractivity contribution is 5.92. The quantitative estimate of drug-likeness (QED) is 0.830. The Bertz CT molecular complexity index is 668. The van der Waals surface area contributed by atoms with Crippen LogP contribution in [-0.4, -0.2) is 20.7 Å². The van der Waals surface area contributed by atoms with Crippen LogP contribution in [0.5, 0.6) is 5.88 Å². The molecule has 2 aromatic rings. The van der Waals surface area contributed by atoms with Crippen LogP contribution in [0.1, 0.15) is 18.1 Å².